The van der Waals surface area contributed by atoms with Crippen molar-refractivity contribution in [1.29, 1.82) is 0 Å². The summed E-state index contributed by atoms with van der Waals surface area (Å²) in [5.41, 5.74) is 0.362. The van der Waals surface area contributed by atoms with Gasteiger partial charge in [-0.3, -0.25) is 4.79 Å². The monoisotopic (exact) mass is 221 g/mol. The van der Waals surface area contributed by atoms with Gasteiger partial charge in [0.2, 0.25) is 0 Å². The molecule has 2 rings (SSSR count). The summed E-state index contributed by atoms with van der Waals surface area (Å²) in [6.45, 7) is 6.44. The lowest BCUT2D eigenvalue weighted by atomic mass is 9.78. The molecule has 4 heteroatoms. The van der Waals surface area contributed by atoms with E-state index in [1.165, 1.54) is 6.42 Å². The zero-order valence-electron chi connectivity index (χ0n) is 9.99. The summed E-state index contributed by atoms with van der Waals surface area (Å²) in [4.78, 5) is 20.5. The minimum Gasteiger partial charge on any atom is -0.352 e. The molecule has 0 saturated carbocycles. The second-order valence-corrected chi connectivity index (χ2v) is 4.89. The van der Waals surface area contributed by atoms with Crippen LogP contribution in [0.15, 0.2) is 17.2 Å². The van der Waals surface area contributed by atoms with Gasteiger partial charge < -0.3 is 9.88 Å². The highest BCUT2D eigenvalue weighted by molar-refractivity contribution is 5.35. The Kier molecular flexibility index (Phi) is 2.99. The quantitative estimate of drug-likeness (QED) is 0.828. The first-order valence-corrected chi connectivity index (χ1v) is 5.93. The molecule has 0 radical (unpaired) electrons. The maximum absolute atomic E-state index is 11.6. The van der Waals surface area contributed by atoms with Gasteiger partial charge in [0.15, 0.2) is 5.82 Å². The van der Waals surface area contributed by atoms with E-state index in [2.05, 4.69) is 28.7 Å². The first-order valence-electron chi connectivity index (χ1n) is 5.93. The molecule has 1 aromatic rings. The highest BCUT2D eigenvalue weighted by Crippen LogP contribution is 2.34. The molecule has 1 aliphatic heterocycles. The Bertz CT molecular complexity index is 405. The Hall–Kier alpha value is -1.32. The predicted molar refractivity (Wildman–Crippen MR) is 64.7 cm³/mol. The maximum atomic E-state index is 11.6. The topological polar surface area (TPSA) is 49.0 Å². The fourth-order valence-electron chi connectivity index (χ4n) is 2.18. The van der Waals surface area contributed by atoms with Crippen LogP contribution in [0.2, 0.25) is 0 Å². The molecule has 0 aromatic carbocycles. The standard InChI is InChI=1S/C12H19N3O/c1-3-12(2)4-8-15(9-5-12)10-11(16)14-7-6-13-10/h6-7H,3-5,8-9H2,1-2H3,(H,14,16). The number of hydrogen-bond donors (Lipinski definition) is 1. The minimum atomic E-state index is -0.0809. The van der Waals surface area contributed by atoms with E-state index in [4.69, 9.17) is 0 Å². The number of piperidine rings is 1. The van der Waals surface area contributed by atoms with E-state index in [0.29, 0.717) is 11.2 Å². The summed E-state index contributed by atoms with van der Waals surface area (Å²) >= 11 is 0. The summed E-state index contributed by atoms with van der Waals surface area (Å²) in [6.07, 6.45) is 6.70. The number of aromatic nitrogens is 2. The van der Waals surface area contributed by atoms with E-state index < -0.39 is 0 Å². The van der Waals surface area contributed by atoms with E-state index >= 15 is 0 Å². The molecule has 4 nitrogen and oxygen atoms in total. The molecule has 0 bridgehead atoms. The van der Waals surface area contributed by atoms with Crippen molar-refractivity contribution < 1.29 is 0 Å². The summed E-state index contributed by atoms with van der Waals surface area (Å²) < 4.78 is 0. The summed E-state index contributed by atoms with van der Waals surface area (Å²) in [5.74, 6) is 0.570. The van der Waals surface area contributed by atoms with Crippen molar-refractivity contribution in [2.45, 2.75) is 33.1 Å². The predicted octanol–water partition coefficient (Wildman–Crippen LogP) is 1.79. The minimum absolute atomic E-state index is 0.0809. The van der Waals surface area contributed by atoms with Crippen LogP contribution >= 0.6 is 0 Å². The highest BCUT2D eigenvalue weighted by atomic mass is 16.1. The van der Waals surface area contributed by atoms with Crippen LogP contribution in [-0.2, 0) is 0 Å². The molecule has 16 heavy (non-hydrogen) atoms. The Labute approximate surface area is 95.7 Å². The fourth-order valence-corrected chi connectivity index (χ4v) is 2.18. The molecular formula is C12H19N3O. The molecule has 1 saturated heterocycles. The van der Waals surface area contributed by atoms with Gasteiger partial charge in [0.05, 0.1) is 0 Å². The molecule has 2 heterocycles. The molecule has 1 aliphatic rings. The maximum Gasteiger partial charge on any atom is 0.290 e. The van der Waals surface area contributed by atoms with Gasteiger partial charge in [-0.25, -0.2) is 4.98 Å². The van der Waals surface area contributed by atoms with E-state index in [9.17, 15) is 4.79 Å². The molecule has 0 spiro atoms. The number of nitrogens with one attached hydrogen (secondary N) is 1. The normalized spacial score (nSPS) is 19.8. The van der Waals surface area contributed by atoms with Gasteiger partial charge in [-0.15, -0.1) is 0 Å². The number of anilines is 1. The summed E-state index contributed by atoms with van der Waals surface area (Å²) in [7, 11) is 0. The Morgan fingerprint density at radius 1 is 1.50 bits per heavy atom. The highest BCUT2D eigenvalue weighted by Gasteiger charge is 2.29. The van der Waals surface area contributed by atoms with Gasteiger partial charge >= 0.3 is 0 Å². The van der Waals surface area contributed by atoms with E-state index in [1.807, 2.05) is 0 Å². The van der Waals surface area contributed by atoms with Crippen LogP contribution < -0.4 is 10.5 Å². The fraction of sp³-hybridized carbons (Fsp3) is 0.667. The van der Waals surface area contributed by atoms with Gasteiger partial charge in [0.25, 0.3) is 5.56 Å². The number of nitrogens with zero attached hydrogens (tertiary/aromatic N) is 2. The molecule has 0 atom stereocenters. The first-order chi connectivity index (χ1) is 7.64. The second kappa shape index (κ2) is 4.28. The first kappa shape index (κ1) is 11.2. The lowest BCUT2D eigenvalue weighted by Crippen LogP contribution is -2.41. The van der Waals surface area contributed by atoms with E-state index in [-0.39, 0.29) is 5.56 Å². The van der Waals surface area contributed by atoms with Crippen LogP contribution in [0.25, 0.3) is 0 Å². The summed E-state index contributed by atoms with van der Waals surface area (Å²) in [6, 6.07) is 0. The van der Waals surface area contributed by atoms with Crippen LogP contribution in [0.4, 0.5) is 5.82 Å². The van der Waals surface area contributed by atoms with Gasteiger partial charge in [-0.1, -0.05) is 20.3 Å². The van der Waals surface area contributed by atoms with Crippen molar-refractivity contribution in [3.8, 4) is 0 Å². The van der Waals surface area contributed by atoms with Crippen molar-refractivity contribution >= 4 is 5.82 Å². The zero-order chi connectivity index (χ0) is 11.6. The Balaban J connectivity index is 2.11. The molecule has 1 N–H and O–H groups in total. The van der Waals surface area contributed by atoms with Gasteiger partial charge in [-0.05, 0) is 18.3 Å². The van der Waals surface area contributed by atoms with E-state index in [1.54, 1.807) is 12.4 Å². The van der Waals surface area contributed by atoms with Crippen LogP contribution in [0, 0.1) is 5.41 Å². The van der Waals surface area contributed by atoms with Crippen LogP contribution in [0.3, 0.4) is 0 Å². The van der Waals surface area contributed by atoms with Crippen molar-refractivity contribution in [2.24, 2.45) is 5.41 Å². The molecule has 1 aromatic heterocycles. The zero-order valence-corrected chi connectivity index (χ0v) is 9.99. The smallest absolute Gasteiger partial charge is 0.290 e. The molecule has 1 fully saturated rings. The Morgan fingerprint density at radius 3 is 2.75 bits per heavy atom. The van der Waals surface area contributed by atoms with Crippen LogP contribution in [-0.4, -0.2) is 23.1 Å². The van der Waals surface area contributed by atoms with Crippen molar-refractivity contribution in [2.75, 3.05) is 18.0 Å². The number of H-pyrrole nitrogens is 1. The van der Waals surface area contributed by atoms with Gasteiger partial charge in [0, 0.05) is 25.5 Å². The third-order valence-corrected chi connectivity index (χ3v) is 3.81. The average molecular weight is 221 g/mol. The molecular weight excluding hydrogens is 202 g/mol. The second-order valence-electron chi connectivity index (χ2n) is 4.89. The number of rotatable bonds is 2. The van der Waals surface area contributed by atoms with Crippen LogP contribution in [0.1, 0.15) is 33.1 Å². The van der Waals surface area contributed by atoms with Gasteiger partial charge in [0.1, 0.15) is 0 Å². The third-order valence-electron chi connectivity index (χ3n) is 3.81. The molecule has 88 valence electrons. The third kappa shape index (κ3) is 2.10. The molecule has 0 unspecified atom stereocenters. The lowest BCUT2D eigenvalue weighted by Gasteiger charge is -2.39. The largest absolute Gasteiger partial charge is 0.352 e. The number of aromatic amines is 1. The van der Waals surface area contributed by atoms with Gasteiger partial charge in [-0.2, -0.15) is 0 Å². The van der Waals surface area contributed by atoms with Crippen molar-refractivity contribution in [1.82, 2.24) is 9.97 Å². The Morgan fingerprint density at radius 2 is 2.19 bits per heavy atom. The number of hydrogen-bond acceptors (Lipinski definition) is 3. The van der Waals surface area contributed by atoms with Crippen molar-refractivity contribution in [3.63, 3.8) is 0 Å². The van der Waals surface area contributed by atoms with Crippen molar-refractivity contribution in [3.05, 3.63) is 22.7 Å². The molecule has 0 amide bonds. The average Bonchev–Trinajstić information content (AvgIpc) is 2.31. The molecule has 0 aliphatic carbocycles. The lowest BCUT2D eigenvalue weighted by molar-refractivity contribution is 0.237. The summed E-state index contributed by atoms with van der Waals surface area (Å²) in [5, 5.41) is 0. The van der Waals surface area contributed by atoms with E-state index in [0.717, 1.165) is 25.9 Å². The SMILES string of the molecule is CCC1(C)CCN(c2ncc[nH]c2=O)CC1. The van der Waals surface area contributed by atoms with Crippen LogP contribution in [0.5, 0.6) is 0 Å².